The second-order valence-corrected chi connectivity index (χ2v) is 10.0. The summed E-state index contributed by atoms with van der Waals surface area (Å²) in [6.45, 7) is 1.13. The first-order valence-corrected chi connectivity index (χ1v) is 12.3. The molecule has 2 aromatic rings. The van der Waals surface area contributed by atoms with Crippen LogP contribution in [0.5, 0.6) is 5.75 Å². The van der Waals surface area contributed by atoms with Crippen molar-refractivity contribution in [3.63, 3.8) is 0 Å². The van der Waals surface area contributed by atoms with Crippen molar-refractivity contribution >= 4 is 27.6 Å². The van der Waals surface area contributed by atoms with Crippen LogP contribution in [0.25, 0.3) is 0 Å². The maximum absolute atomic E-state index is 12.8. The molecular weight excluding hydrogens is 452 g/mol. The van der Waals surface area contributed by atoms with Crippen molar-refractivity contribution in [3.05, 3.63) is 71.3 Å². The molecule has 172 valence electrons. The molecule has 0 saturated carbocycles. The number of hydrogen-bond donors (Lipinski definition) is 3. The van der Waals surface area contributed by atoms with Gasteiger partial charge in [0.15, 0.2) is 0 Å². The number of unbranched alkanes of at least 4 members (excludes halogenated alkanes) is 1. The van der Waals surface area contributed by atoms with Crippen LogP contribution in [-0.2, 0) is 21.4 Å². The summed E-state index contributed by atoms with van der Waals surface area (Å²) >= 11 is 5.87. The van der Waals surface area contributed by atoms with Gasteiger partial charge >= 0.3 is 5.97 Å². The maximum atomic E-state index is 12.8. The van der Waals surface area contributed by atoms with Crippen LogP contribution >= 0.6 is 11.6 Å². The molecule has 0 aromatic heterocycles. The van der Waals surface area contributed by atoms with E-state index in [0.717, 1.165) is 5.56 Å². The molecular formula is C23H27ClN2O5S. The molecule has 2 aromatic carbocycles. The maximum Gasteiger partial charge on any atom is 0.303 e. The minimum Gasteiger partial charge on any atom is -0.508 e. The van der Waals surface area contributed by atoms with E-state index >= 15 is 0 Å². The molecule has 1 heterocycles. The van der Waals surface area contributed by atoms with Gasteiger partial charge in [-0.05, 0) is 61.2 Å². The standard InChI is InChI=1S/C23H27ClN2O5S/c24-18-8-12-22(13-9-18)32(30,31)25-19-14-20(4-2-1-3-5-23(28)29)26(16-19)15-17-6-10-21(27)11-7-17/h2,4,6-13,19-20,25,27H,1,3,5,14-16H2,(H,28,29)/b4-2-/t19-,20-/m1/s1. The molecule has 0 radical (unpaired) electrons. The second kappa shape index (κ2) is 11.0. The molecule has 1 aliphatic rings. The molecule has 32 heavy (non-hydrogen) atoms. The summed E-state index contributed by atoms with van der Waals surface area (Å²) in [4.78, 5) is 13.0. The van der Waals surface area contributed by atoms with Crippen LogP contribution in [0, 0.1) is 0 Å². The van der Waals surface area contributed by atoms with Crippen molar-refractivity contribution in [1.29, 1.82) is 0 Å². The minimum atomic E-state index is -3.68. The van der Waals surface area contributed by atoms with E-state index in [1.165, 1.54) is 12.1 Å². The normalized spacial score (nSPS) is 19.5. The number of phenols is 1. The van der Waals surface area contributed by atoms with Gasteiger partial charge in [0.25, 0.3) is 0 Å². The second-order valence-electron chi connectivity index (χ2n) is 7.89. The largest absolute Gasteiger partial charge is 0.508 e. The fourth-order valence-corrected chi connectivity index (χ4v) is 5.13. The van der Waals surface area contributed by atoms with Gasteiger partial charge in [0.1, 0.15) is 5.75 Å². The lowest BCUT2D eigenvalue weighted by molar-refractivity contribution is -0.137. The van der Waals surface area contributed by atoms with Gasteiger partial charge in [0.05, 0.1) is 4.90 Å². The zero-order valence-corrected chi connectivity index (χ0v) is 19.1. The third kappa shape index (κ3) is 7.06. The molecule has 0 amide bonds. The van der Waals surface area contributed by atoms with Gasteiger partial charge in [-0.25, -0.2) is 13.1 Å². The van der Waals surface area contributed by atoms with Crippen molar-refractivity contribution in [2.24, 2.45) is 0 Å². The number of aliphatic carboxylic acids is 1. The van der Waals surface area contributed by atoms with E-state index in [0.29, 0.717) is 37.4 Å². The van der Waals surface area contributed by atoms with E-state index in [4.69, 9.17) is 16.7 Å². The number of carboxylic acid groups (broad SMARTS) is 1. The molecule has 1 aliphatic heterocycles. The van der Waals surface area contributed by atoms with Gasteiger partial charge in [-0.3, -0.25) is 9.69 Å². The molecule has 0 aliphatic carbocycles. The molecule has 7 nitrogen and oxygen atoms in total. The molecule has 3 rings (SSSR count). The number of phenolic OH excluding ortho intramolecular Hbond substituents is 1. The zero-order valence-electron chi connectivity index (χ0n) is 17.5. The van der Waals surface area contributed by atoms with Crippen LogP contribution in [-0.4, -0.2) is 48.1 Å². The quantitative estimate of drug-likeness (QED) is 0.354. The Morgan fingerprint density at radius 2 is 1.84 bits per heavy atom. The number of hydrogen-bond acceptors (Lipinski definition) is 5. The van der Waals surface area contributed by atoms with E-state index in [1.54, 1.807) is 24.3 Å². The predicted molar refractivity (Wildman–Crippen MR) is 123 cm³/mol. The molecule has 0 bridgehead atoms. The topological polar surface area (TPSA) is 107 Å². The van der Waals surface area contributed by atoms with Gasteiger partial charge in [-0.15, -0.1) is 0 Å². The number of allylic oxidation sites excluding steroid dienone is 1. The fraction of sp³-hybridized carbons (Fsp3) is 0.348. The van der Waals surface area contributed by atoms with Crippen molar-refractivity contribution in [2.45, 2.75) is 49.2 Å². The van der Waals surface area contributed by atoms with Gasteiger partial charge in [-0.1, -0.05) is 35.9 Å². The summed E-state index contributed by atoms with van der Waals surface area (Å²) in [5, 5.41) is 18.8. The summed E-state index contributed by atoms with van der Waals surface area (Å²) in [6.07, 6.45) is 5.92. The average Bonchev–Trinajstić information content (AvgIpc) is 3.09. The van der Waals surface area contributed by atoms with E-state index in [9.17, 15) is 18.3 Å². The molecule has 0 spiro atoms. The Morgan fingerprint density at radius 3 is 2.50 bits per heavy atom. The number of nitrogens with zero attached hydrogens (tertiary/aromatic N) is 1. The van der Waals surface area contributed by atoms with E-state index in [-0.39, 0.29) is 29.1 Å². The highest BCUT2D eigenvalue weighted by molar-refractivity contribution is 7.89. The number of rotatable bonds is 10. The van der Waals surface area contributed by atoms with Crippen LogP contribution < -0.4 is 4.72 Å². The minimum absolute atomic E-state index is 0.00606. The van der Waals surface area contributed by atoms with Crippen LogP contribution in [0.4, 0.5) is 0 Å². The van der Waals surface area contributed by atoms with Crippen molar-refractivity contribution in [2.75, 3.05) is 6.54 Å². The Kier molecular flexibility index (Phi) is 8.31. The van der Waals surface area contributed by atoms with E-state index in [1.807, 2.05) is 24.3 Å². The number of carbonyl (C=O) groups is 1. The number of aromatic hydroxyl groups is 1. The summed E-state index contributed by atoms with van der Waals surface area (Å²) in [5.74, 6) is -0.622. The number of likely N-dealkylation sites (tertiary alicyclic amines) is 1. The highest BCUT2D eigenvalue weighted by atomic mass is 35.5. The Hall–Kier alpha value is -2.39. The summed E-state index contributed by atoms with van der Waals surface area (Å²) in [5.41, 5.74) is 1.01. The Balaban J connectivity index is 1.69. The lowest BCUT2D eigenvalue weighted by Crippen LogP contribution is -2.37. The van der Waals surface area contributed by atoms with Gasteiger partial charge in [-0.2, -0.15) is 0 Å². The van der Waals surface area contributed by atoms with Gasteiger partial charge < -0.3 is 10.2 Å². The van der Waals surface area contributed by atoms with Crippen LogP contribution in [0.3, 0.4) is 0 Å². The molecule has 3 N–H and O–H groups in total. The number of halogens is 1. The molecule has 0 unspecified atom stereocenters. The van der Waals surface area contributed by atoms with Crippen LogP contribution in [0.2, 0.25) is 5.02 Å². The molecule has 2 atom stereocenters. The molecule has 1 saturated heterocycles. The third-order valence-electron chi connectivity index (χ3n) is 5.34. The fourth-order valence-electron chi connectivity index (χ4n) is 3.76. The zero-order chi connectivity index (χ0) is 23.1. The van der Waals surface area contributed by atoms with Crippen molar-refractivity contribution < 1.29 is 23.4 Å². The van der Waals surface area contributed by atoms with Crippen molar-refractivity contribution in [1.82, 2.24) is 9.62 Å². The number of sulfonamides is 1. The first kappa shape index (κ1) is 24.3. The Bertz CT molecular complexity index is 1040. The van der Waals surface area contributed by atoms with Crippen LogP contribution in [0.1, 0.15) is 31.2 Å². The lowest BCUT2D eigenvalue weighted by Gasteiger charge is -2.22. The Morgan fingerprint density at radius 1 is 1.16 bits per heavy atom. The lowest BCUT2D eigenvalue weighted by atomic mass is 10.1. The first-order chi connectivity index (χ1) is 15.2. The average molecular weight is 479 g/mol. The summed E-state index contributed by atoms with van der Waals surface area (Å²) in [7, 11) is -3.68. The Labute approximate surface area is 193 Å². The summed E-state index contributed by atoms with van der Waals surface area (Å²) in [6, 6.07) is 12.7. The molecule has 1 fully saturated rings. The van der Waals surface area contributed by atoms with E-state index in [2.05, 4.69) is 9.62 Å². The highest BCUT2D eigenvalue weighted by Crippen LogP contribution is 2.25. The first-order valence-electron chi connectivity index (χ1n) is 10.4. The van der Waals surface area contributed by atoms with Gasteiger partial charge in [0.2, 0.25) is 10.0 Å². The van der Waals surface area contributed by atoms with Crippen molar-refractivity contribution in [3.8, 4) is 5.75 Å². The smallest absolute Gasteiger partial charge is 0.303 e. The SMILES string of the molecule is O=C(O)CCC/C=C\[C@@H]1C[C@@H](NS(=O)(=O)c2ccc(Cl)cc2)CN1Cc1ccc(O)cc1. The van der Waals surface area contributed by atoms with Crippen LogP contribution in [0.15, 0.2) is 65.6 Å². The predicted octanol–water partition coefficient (Wildman–Crippen LogP) is 3.78. The molecule has 9 heteroatoms. The highest BCUT2D eigenvalue weighted by Gasteiger charge is 2.33. The number of carboxylic acids is 1. The monoisotopic (exact) mass is 478 g/mol. The van der Waals surface area contributed by atoms with E-state index < -0.39 is 16.0 Å². The number of benzene rings is 2. The third-order valence-corrected chi connectivity index (χ3v) is 7.13. The van der Waals surface area contributed by atoms with Gasteiger partial charge in [0, 0.05) is 36.6 Å². The summed E-state index contributed by atoms with van der Waals surface area (Å²) < 4.78 is 28.4. The number of nitrogens with one attached hydrogen (secondary N) is 1.